The Morgan fingerprint density at radius 1 is 1.53 bits per heavy atom. The summed E-state index contributed by atoms with van der Waals surface area (Å²) in [5.74, 6) is 0.477. The number of nitrogens with one attached hydrogen (secondary N) is 1. The van der Waals surface area contributed by atoms with E-state index in [0.29, 0.717) is 12.5 Å². The third kappa shape index (κ3) is 2.13. The first kappa shape index (κ1) is 10.5. The maximum Gasteiger partial charge on any atom is 0.0836 e. The maximum atomic E-state index is 6.13. The Morgan fingerprint density at radius 2 is 2.33 bits per heavy atom. The highest BCUT2D eigenvalue weighted by Crippen LogP contribution is 2.24. The molecule has 1 heterocycles. The number of rotatable bonds is 3. The van der Waals surface area contributed by atoms with Crippen molar-refractivity contribution in [3.63, 3.8) is 0 Å². The van der Waals surface area contributed by atoms with E-state index in [1.165, 1.54) is 5.56 Å². The highest BCUT2D eigenvalue weighted by molar-refractivity contribution is 6.35. The van der Waals surface area contributed by atoms with Crippen LogP contribution in [0, 0.1) is 5.92 Å². The van der Waals surface area contributed by atoms with Gasteiger partial charge in [0.1, 0.15) is 0 Å². The van der Waals surface area contributed by atoms with Gasteiger partial charge in [0, 0.05) is 5.39 Å². The summed E-state index contributed by atoms with van der Waals surface area (Å²) in [5.41, 5.74) is 7.72. The topological polar surface area (TPSA) is 54.7 Å². The van der Waals surface area contributed by atoms with E-state index in [2.05, 4.69) is 23.2 Å². The first-order valence-electron chi connectivity index (χ1n) is 5.02. The first-order chi connectivity index (χ1) is 7.20. The number of aromatic nitrogens is 2. The molecule has 1 aromatic heterocycles. The van der Waals surface area contributed by atoms with Gasteiger partial charge in [-0.1, -0.05) is 18.5 Å². The lowest BCUT2D eigenvalue weighted by Gasteiger charge is -2.08. The number of H-pyrrole nitrogens is 1. The molecule has 4 heteroatoms. The van der Waals surface area contributed by atoms with Crippen molar-refractivity contribution < 1.29 is 0 Å². The Kier molecular flexibility index (Phi) is 2.93. The second-order valence-corrected chi connectivity index (χ2v) is 4.36. The molecule has 0 spiro atoms. The highest BCUT2D eigenvalue weighted by Gasteiger charge is 2.06. The molecule has 0 saturated carbocycles. The molecule has 0 radical (unpaired) electrons. The van der Waals surface area contributed by atoms with Gasteiger partial charge in [0.25, 0.3) is 0 Å². The van der Waals surface area contributed by atoms with Crippen LogP contribution in [0.4, 0.5) is 0 Å². The largest absolute Gasteiger partial charge is 0.330 e. The van der Waals surface area contributed by atoms with Gasteiger partial charge in [-0.25, -0.2) is 0 Å². The molecular formula is C11H14ClN3. The van der Waals surface area contributed by atoms with Gasteiger partial charge in [-0.05, 0) is 36.6 Å². The van der Waals surface area contributed by atoms with Crippen LogP contribution in [0.15, 0.2) is 18.3 Å². The van der Waals surface area contributed by atoms with Gasteiger partial charge < -0.3 is 5.73 Å². The average molecular weight is 224 g/mol. The predicted molar refractivity (Wildman–Crippen MR) is 63.0 cm³/mol. The number of benzene rings is 1. The second kappa shape index (κ2) is 4.21. The molecule has 15 heavy (non-hydrogen) atoms. The van der Waals surface area contributed by atoms with Gasteiger partial charge in [-0.15, -0.1) is 0 Å². The standard InChI is InChI=1S/C11H14ClN3/c1-7(5-13)2-8-3-9-6-14-15-11(9)10(12)4-8/h3-4,6-7H,2,5,13H2,1H3,(H,14,15). The fourth-order valence-electron chi connectivity index (χ4n) is 1.68. The second-order valence-electron chi connectivity index (χ2n) is 3.96. The predicted octanol–water partition coefficient (Wildman–Crippen LogP) is 2.35. The SMILES string of the molecule is CC(CN)Cc1cc(Cl)c2[nH]ncc2c1. The van der Waals surface area contributed by atoms with Crippen LogP contribution in [-0.4, -0.2) is 16.7 Å². The third-order valence-corrected chi connectivity index (χ3v) is 2.85. The molecule has 0 aliphatic carbocycles. The smallest absolute Gasteiger partial charge is 0.0836 e. The number of aromatic amines is 1. The summed E-state index contributed by atoms with van der Waals surface area (Å²) in [6.07, 6.45) is 2.75. The van der Waals surface area contributed by atoms with E-state index in [4.69, 9.17) is 17.3 Å². The Balaban J connectivity index is 2.36. The van der Waals surface area contributed by atoms with Gasteiger partial charge in [0.15, 0.2) is 0 Å². The third-order valence-electron chi connectivity index (χ3n) is 2.55. The van der Waals surface area contributed by atoms with Gasteiger partial charge in [-0.3, -0.25) is 5.10 Å². The number of hydrogen-bond acceptors (Lipinski definition) is 2. The van der Waals surface area contributed by atoms with Crippen LogP contribution < -0.4 is 5.73 Å². The van der Waals surface area contributed by atoms with Crippen molar-refractivity contribution in [3.8, 4) is 0 Å². The van der Waals surface area contributed by atoms with Crippen molar-refractivity contribution in [1.29, 1.82) is 0 Å². The molecule has 1 aromatic carbocycles. The minimum Gasteiger partial charge on any atom is -0.330 e. The highest BCUT2D eigenvalue weighted by atomic mass is 35.5. The lowest BCUT2D eigenvalue weighted by atomic mass is 10.0. The van der Waals surface area contributed by atoms with Crippen LogP contribution in [0.3, 0.4) is 0 Å². The average Bonchev–Trinajstić information content (AvgIpc) is 2.66. The van der Waals surface area contributed by atoms with Crippen molar-refractivity contribution in [1.82, 2.24) is 10.2 Å². The molecule has 1 unspecified atom stereocenters. The summed E-state index contributed by atoms with van der Waals surface area (Å²) in [6.45, 7) is 2.83. The van der Waals surface area contributed by atoms with E-state index in [9.17, 15) is 0 Å². The first-order valence-corrected chi connectivity index (χ1v) is 5.40. The van der Waals surface area contributed by atoms with Crippen LogP contribution in [0.25, 0.3) is 10.9 Å². The van der Waals surface area contributed by atoms with Crippen LogP contribution in [0.1, 0.15) is 12.5 Å². The number of nitrogens with two attached hydrogens (primary N) is 1. The molecule has 0 amide bonds. The van der Waals surface area contributed by atoms with E-state index < -0.39 is 0 Å². The molecule has 2 aromatic rings. The van der Waals surface area contributed by atoms with E-state index in [1.807, 2.05) is 6.07 Å². The molecule has 80 valence electrons. The van der Waals surface area contributed by atoms with Crippen molar-refractivity contribution in [2.24, 2.45) is 11.7 Å². The molecule has 1 atom stereocenters. The molecule has 0 aliphatic rings. The summed E-state index contributed by atoms with van der Waals surface area (Å²) >= 11 is 6.13. The summed E-state index contributed by atoms with van der Waals surface area (Å²) in [4.78, 5) is 0. The number of fused-ring (bicyclic) bond motifs is 1. The molecule has 0 saturated heterocycles. The van der Waals surface area contributed by atoms with Crippen molar-refractivity contribution in [2.45, 2.75) is 13.3 Å². The summed E-state index contributed by atoms with van der Waals surface area (Å²) in [7, 11) is 0. The van der Waals surface area contributed by atoms with Crippen molar-refractivity contribution in [2.75, 3.05) is 6.54 Å². The van der Waals surface area contributed by atoms with E-state index in [1.54, 1.807) is 6.20 Å². The fraction of sp³-hybridized carbons (Fsp3) is 0.364. The summed E-state index contributed by atoms with van der Waals surface area (Å²) < 4.78 is 0. The van der Waals surface area contributed by atoms with Crippen molar-refractivity contribution in [3.05, 3.63) is 28.9 Å². The molecule has 0 aliphatic heterocycles. The van der Waals surface area contributed by atoms with E-state index in [-0.39, 0.29) is 0 Å². The van der Waals surface area contributed by atoms with Crippen LogP contribution in [0.5, 0.6) is 0 Å². The summed E-state index contributed by atoms with van der Waals surface area (Å²) in [6, 6.07) is 4.09. The number of hydrogen-bond donors (Lipinski definition) is 2. The van der Waals surface area contributed by atoms with Gasteiger partial charge >= 0.3 is 0 Å². The maximum absolute atomic E-state index is 6.13. The van der Waals surface area contributed by atoms with E-state index in [0.717, 1.165) is 22.3 Å². The fourth-order valence-corrected chi connectivity index (χ4v) is 1.97. The zero-order valence-electron chi connectivity index (χ0n) is 8.63. The minimum atomic E-state index is 0.477. The molecule has 2 rings (SSSR count). The zero-order chi connectivity index (χ0) is 10.8. The summed E-state index contributed by atoms with van der Waals surface area (Å²) in [5, 5.41) is 8.63. The van der Waals surface area contributed by atoms with Gasteiger partial charge in [0.2, 0.25) is 0 Å². The molecule has 3 N–H and O–H groups in total. The van der Waals surface area contributed by atoms with Crippen molar-refractivity contribution >= 4 is 22.5 Å². The normalized spacial score (nSPS) is 13.3. The molecule has 0 fully saturated rings. The minimum absolute atomic E-state index is 0.477. The Labute approximate surface area is 93.6 Å². The Morgan fingerprint density at radius 3 is 3.07 bits per heavy atom. The van der Waals surface area contributed by atoms with E-state index >= 15 is 0 Å². The zero-order valence-corrected chi connectivity index (χ0v) is 9.38. The number of nitrogens with zero attached hydrogens (tertiary/aromatic N) is 1. The monoisotopic (exact) mass is 223 g/mol. The van der Waals surface area contributed by atoms with Crippen LogP contribution in [0.2, 0.25) is 5.02 Å². The molecule has 3 nitrogen and oxygen atoms in total. The Hall–Kier alpha value is -1.06. The van der Waals surface area contributed by atoms with Gasteiger partial charge in [0.05, 0.1) is 16.7 Å². The number of halogens is 1. The molecular weight excluding hydrogens is 210 g/mol. The van der Waals surface area contributed by atoms with Gasteiger partial charge in [-0.2, -0.15) is 5.10 Å². The molecule has 0 bridgehead atoms. The quantitative estimate of drug-likeness (QED) is 0.840. The Bertz CT molecular complexity index is 464. The lowest BCUT2D eigenvalue weighted by Crippen LogP contribution is -2.13. The lowest BCUT2D eigenvalue weighted by molar-refractivity contribution is 0.593. The van der Waals surface area contributed by atoms with Crippen LogP contribution >= 0.6 is 11.6 Å². The van der Waals surface area contributed by atoms with Crippen LogP contribution in [-0.2, 0) is 6.42 Å².